The number of aryl methyl sites for hydroxylation is 1. The smallest absolute Gasteiger partial charge is 0.335 e. The number of aromatic nitrogens is 2. The number of nitrogens with one attached hydrogen (secondary N) is 1. The molecule has 0 bridgehead atoms. The molecule has 0 radical (unpaired) electrons. The van der Waals surface area contributed by atoms with Gasteiger partial charge in [-0.25, -0.2) is 9.78 Å². The van der Waals surface area contributed by atoms with Crippen LogP contribution in [0.15, 0.2) is 24.5 Å². The van der Waals surface area contributed by atoms with E-state index in [0.717, 1.165) is 37.6 Å². The van der Waals surface area contributed by atoms with E-state index < -0.39 is 36.7 Å². The van der Waals surface area contributed by atoms with Gasteiger partial charge >= 0.3 is 5.97 Å². The van der Waals surface area contributed by atoms with Crippen molar-refractivity contribution in [3.8, 4) is 5.75 Å². The maximum atomic E-state index is 11.5. The number of carboxylic acids is 1. The van der Waals surface area contributed by atoms with Crippen molar-refractivity contribution in [1.29, 1.82) is 0 Å². The van der Waals surface area contributed by atoms with Crippen LogP contribution in [0.4, 0.5) is 5.13 Å². The van der Waals surface area contributed by atoms with Gasteiger partial charge in [-0.2, -0.15) is 0 Å². The number of aliphatic carboxylic acids is 1. The molecule has 1 saturated heterocycles. The van der Waals surface area contributed by atoms with Crippen molar-refractivity contribution in [2.24, 2.45) is 0 Å². The first kappa shape index (κ1) is 23.3. The van der Waals surface area contributed by atoms with E-state index in [2.05, 4.69) is 10.3 Å². The van der Waals surface area contributed by atoms with Crippen LogP contribution in [0.25, 0.3) is 10.2 Å². The number of ether oxygens (including phenoxy) is 2. The van der Waals surface area contributed by atoms with Crippen LogP contribution in [0.2, 0.25) is 0 Å². The summed E-state index contributed by atoms with van der Waals surface area (Å²) < 4.78 is 12.2. The highest BCUT2D eigenvalue weighted by Crippen LogP contribution is 2.41. The number of hydrogen-bond acceptors (Lipinski definition) is 10. The number of rotatable bonds is 6. The van der Waals surface area contributed by atoms with Crippen LogP contribution >= 0.6 is 11.3 Å². The van der Waals surface area contributed by atoms with Crippen LogP contribution < -0.4 is 10.1 Å². The standard InChI is InChI=1S/C22H25N3O7S/c1-9-12(7-11-5-4-6-24-8-11)13-19(33-22(23-3)25-13)10(2)17(9)31-21-16(28)14(26)15(27)18(32-21)20(29)30/h4-6,8,14-16,18,21,26-28H,7H2,1-3H3,(H,23,25)(H,29,30)/t14-,15-,16+,18-,21+/m0/s1. The number of carboxylic acid groups (broad SMARTS) is 1. The maximum Gasteiger partial charge on any atom is 0.335 e. The largest absolute Gasteiger partial charge is 0.479 e. The molecular formula is C22H25N3O7S. The average molecular weight is 476 g/mol. The van der Waals surface area contributed by atoms with Gasteiger partial charge in [0.15, 0.2) is 11.2 Å². The molecule has 33 heavy (non-hydrogen) atoms. The first-order valence-electron chi connectivity index (χ1n) is 10.3. The van der Waals surface area contributed by atoms with Crippen LogP contribution in [0.1, 0.15) is 22.3 Å². The Morgan fingerprint density at radius 3 is 2.61 bits per heavy atom. The zero-order chi connectivity index (χ0) is 23.9. The summed E-state index contributed by atoms with van der Waals surface area (Å²) in [6, 6.07) is 3.80. The molecule has 10 nitrogen and oxygen atoms in total. The number of fused-ring (bicyclic) bond motifs is 1. The summed E-state index contributed by atoms with van der Waals surface area (Å²) in [5.41, 5.74) is 4.13. The van der Waals surface area contributed by atoms with Crippen LogP contribution in [0.5, 0.6) is 5.75 Å². The van der Waals surface area contributed by atoms with Gasteiger partial charge in [0.25, 0.3) is 0 Å². The van der Waals surface area contributed by atoms with Crippen molar-refractivity contribution in [3.05, 3.63) is 46.8 Å². The van der Waals surface area contributed by atoms with Gasteiger partial charge in [0.05, 0.1) is 10.2 Å². The molecule has 3 aromatic rings. The van der Waals surface area contributed by atoms with E-state index in [1.807, 2.05) is 26.0 Å². The van der Waals surface area contributed by atoms with Crippen molar-refractivity contribution >= 4 is 32.7 Å². The molecule has 1 fully saturated rings. The van der Waals surface area contributed by atoms with Crippen molar-refractivity contribution in [2.75, 3.05) is 12.4 Å². The van der Waals surface area contributed by atoms with E-state index in [9.17, 15) is 25.2 Å². The number of benzene rings is 1. The molecule has 11 heteroatoms. The molecular weight excluding hydrogens is 450 g/mol. The molecule has 5 atom stereocenters. The van der Waals surface area contributed by atoms with Crippen molar-refractivity contribution in [3.63, 3.8) is 0 Å². The molecule has 4 rings (SSSR count). The van der Waals surface area contributed by atoms with Crippen LogP contribution in [0, 0.1) is 13.8 Å². The summed E-state index contributed by atoms with van der Waals surface area (Å²) in [4.78, 5) is 20.3. The molecule has 3 heterocycles. The first-order valence-corrected chi connectivity index (χ1v) is 11.1. The molecule has 0 amide bonds. The zero-order valence-electron chi connectivity index (χ0n) is 18.2. The van der Waals surface area contributed by atoms with Gasteiger partial charge in [0.2, 0.25) is 6.29 Å². The Morgan fingerprint density at radius 2 is 1.97 bits per heavy atom. The maximum absolute atomic E-state index is 11.5. The number of aliphatic hydroxyl groups excluding tert-OH is 3. The van der Waals surface area contributed by atoms with Crippen LogP contribution in [-0.4, -0.2) is 74.1 Å². The summed E-state index contributed by atoms with van der Waals surface area (Å²) in [6.45, 7) is 3.69. The normalized spacial score (nSPS) is 25.2. The Labute approximate surface area is 193 Å². The highest BCUT2D eigenvalue weighted by molar-refractivity contribution is 7.22. The summed E-state index contributed by atoms with van der Waals surface area (Å²) in [7, 11) is 1.78. The topological polar surface area (TPSA) is 154 Å². The van der Waals surface area contributed by atoms with E-state index >= 15 is 0 Å². The molecule has 0 saturated carbocycles. The molecule has 176 valence electrons. The molecule has 0 aliphatic carbocycles. The lowest BCUT2D eigenvalue weighted by Crippen LogP contribution is -2.61. The van der Waals surface area contributed by atoms with Gasteiger partial charge in [0, 0.05) is 31.4 Å². The minimum Gasteiger partial charge on any atom is -0.479 e. The van der Waals surface area contributed by atoms with E-state index in [4.69, 9.17) is 14.5 Å². The molecule has 0 spiro atoms. The number of aliphatic hydroxyl groups is 3. The number of pyridine rings is 1. The second kappa shape index (κ2) is 9.20. The number of thiazole rings is 1. The lowest BCUT2D eigenvalue weighted by Gasteiger charge is -2.39. The minimum atomic E-state index is -1.79. The van der Waals surface area contributed by atoms with Gasteiger partial charge in [-0.3, -0.25) is 4.98 Å². The van der Waals surface area contributed by atoms with Gasteiger partial charge in [-0.15, -0.1) is 0 Å². The van der Waals surface area contributed by atoms with E-state index in [1.165, 1.54) is 11.3 Å². The number of carbonyl (C=O) groups is 1. The third-order valence-corrected chi connectivity index (χ3v) is 6.94. The molecule has 0 unspecified atom stereocenters. The first-order chi connectivity index (χ1) is 15.7. The van der Waals surface area contributed by atoms with Crippen molar-refractivity contribution in [2.45, 2.75) is 51.0 Å². The van der Waals surface area contributed by atoms with Crippen molar-refractivity contribution in [1.82, 2.24) is 9.97 Å². The summed E-state index contributed by atoms with van der Waals surface area (Å²) >= 11 is 1.44. The van der Waals surface area contributed by atoms with Crippen LogP contribution in [-0.2, 0) is 16.0 Å². The number of nitrogens with zero attached hydrogens (tertiary/aromatic N) is 2. The molecule has 2 aromatic heterocycles. The molecule has 1 aliphatic rings. The molecule has 5 N–H and O–H groups in total. The highest BCUT2D eigenvalue weighted by atomic mass is 32.1. The van der Waals surface area contributed by atoms with Gasteiger partial charge in [0.1, 0.15) is 24.1 Å². The fourth-order valence-corrected chi connectivity index (χ4v) is 4.89. The predicted octanol–water partition coefficient (Wildman–Crippen LogP) is 1.21. The summed E-state index contributed by atoms with van der Waals surface area (Å²) in [5, 5.41) is 43.7. The monoisotopic (exact) mass is 475 g/mol. The fourth-order valence-electron chi connectivity index (χ4n) is 3.95. The number of anilines is 1. The summed E-state index contributed by atoms with van der Waals surface area (Å²) in [6.07, 6.45) is -4.45. The fraction of sp³-hybridized carbons (Fsp3) is 0.409. The second-order valence-corrected chi connectivity index (χ2v) is 8.89. The third kappa shape index (κ3) is 4.25. The SMILES string of the molecule is CNc1nc2c(Cc3cccnc3)c(C)c(O[C@@H]3O[C@H](C(=O)O)[C@@H](O)[C@H](O)[C@H]3O)c(C)c2s1. The Bertz CT molecular complexity index is 1170. The number of hydrogen-bond donors (Lipinski definition) is 5. The van der Waals surface area contributed by atoms with Crippen molar-refractivity contribution < 1.29 is 34.7 Å². The van der Waals surface area contributed by atoms with E-state index in [-0.39, 0.29) is 0 Å². The third-order valence-electron chi connectivity index (χ3n) is 5.75. The Kier molecular flexibility index (Phi) is 6.50. The second-order valence-electron chi connectivity index (χ2n) is 7.90. The van der Waals surface area contributed by atoms with E-state index in [1.54, 1.807) is 19.4 Å². The van der Waals surface area contributed by atoms with Gasteiger partial charge < -0.3 is 35.2 Å². The predicted molar refractivity (Wildman–Crippen MR) is 121 cm³/mol. The Hall–Kier alpha value is -2.83. The molecule has 1 aliphatic heterocycles. The zero-order valence-corrected chi connectivity index (χ0v) is 19.0. The lowest BCUT2D eigenvalue weighted by molar-refractivity contribution is -0.271. The molecule has 1 aromatic carbocycles. The Morgan fingerprint density at radius 1 is 1.21 bits per heavy atom. The van der Waals surface area contributed by atoms with Gasteiger partial charge in [-0.1, -0.05) is 17.4 Å². The Balaban J connectivity index is 1.79. The minimum absolute atomic E-state index is 0.393. The van der Waals surface area contributed by atoms with Gasteiger partial charge in [-0.05, 0) is 36.6 Å². The average Bonchev–Trinajstić information content (AvgIpc) is 3.24. The lowest BCUT2D eigenvalue weighted by atomic mass is 9.96. The van der Waals surface area contributed by atoms with E-state index in [0.29, 0.717) is 12.2 Å². The summed E-state index contributed by atoms with van der Waals surface area (Å²) in [5.74, 6) is -1.08. The van der Waals surface area contributed by atoms with Crippen LogP contribution in [0.3, 0.4) is 0 Å². The highest BCUT2D eigenvalue weighted by Gasteiger charge is 2.48. The quantitative estimate of drug-likeness (QED) is 0.351.